The first-order valence-corrected chi connectivity index (χ1v) is 5.85. The summed E-state index contributed by atoms with van der Waals surface area (Å²) < 4.78 is 4.75. The van der Waals surface area contributed by atoms with Crippen LogP contribution in [0.1, 0.15) is 28.5 Å². The number of nitrogens with zero attached hydrogens (tertiary/aromatic N) is 2. The number of rotatable bonds is 4. The van der Waals surface area contributed by atoms with Crippen LogP contribution in [0.25, 0.3) is 0 Å². The molecule has 0 fully saturated rings. The van der Waals surface area contributed by atoms with E-state index >= 15 is 0 Å². The summed E-state index contributed by atoms with van der Waals surface area (Å²) in [5.74, 6) is -1.05. The van der Waals surface area contributed by atoms with Crippen LogP contribution >= 0.6 is 0 Å². The topological polar surface area (TPSA) is 92.4 Å². The third-order valence-electron chi connectivity index (χ3n) is 2.70. The number of hydrogen-bond acceptors (Lipinski definition) is 5. The second kappa shape index (κ2) is 6.12. The van der Waals surface area contributed by atoms with Crippen LogP contribution in [0, 0.1) is 13.8 Å². The summed E-state index contributed by atoms with van der Waals surface area (Å²) in [7, 11) is 1.44. The normalized spacial score (nSPS) is 10.1. The fraction of sp³-hybridized carbons (Fsp3) is 0.500. The highest BCUT2D eigenvalue weighted by molar-refractivity contribution is 5.96. The molecule has 7 nitrogen and oxygen atoms in total. The molecule has 104 valence electrons. The zero-order valence-electron chi connectivity index (χ0n) is 11.4. The predicted octanol–water partition coefficient (Wildman–Crippen LogP) is 0.0218. The lowest BCUT2D eigenvalue weighted by atomic mass is 10.1. The van der Waals surface area contributed by atoms with E-state index in [2.05, 4.69) is 10.2 Å². The summed E-state index contributed by atoms with van der Waals surface area (Å²) in [6, 6.07) is 0. The number of likely N-dealkylation sites (N-methyl/N-ethyl adjacent to an activating group) is 1. The smallest absolute Gasteiger partial charge is 0.325 e. The van der Waals surface area contributed by atoms with Crippen molar-refractivity contribution in [2.75, 3.05) is 20.2 Å². The largest absolute Gasteiger partial charge is 0.465 e. The highest BCUT2D eigenvalue weighted by Gasteiger charge is 2.21. The Bertz CT molecular complexity index is 550. The van der Waals surface area contributed by atoms with Crippen molar-refractivity contribution in [2.24, 2.45) is 0 Å². The third kappa shape index (κ3) is 3.40. The Morgan fingerprint density at radius 3 is 2.58 bits per heavy atom. The van der Waals surface area contributed by atoms with Gasteiger partial charge in [-0.25, -0.2) is 5.10 Å². The number of amides is 1. The van der Waals surface area contributed by atoms with E-state index in [1.165, 1.54) is 7.05 Å². The molecule has 1 aromatic heterocycles. The van der Waals surface area contributed by atoms with Crippen LogP contribution in [0.5, 0.6) is 0 Å². The van der Waals surface area contributed by atoms with Gasteiger partial charge < -0.3 is 9.64 Å². The Balaban J connectivity index is 2.98. The second-order valence-electron chi connectivity index (χ2n) is 4.10. The molecule has 0 spiro atoms. The molecule has 0 aliphatic carbocycles. The van der Waals surface area contributed by atoms with E-state index < -0.39 is 17.4 Å². The number of nitrogens with one attached hydrogen (secondary N) is 1. The number of aryl methyl sites for hydroxylation is 1. The average Bonchev–Trinajstić information content (AvgIpc) is 2.34. The highest BCUT2D eigenvalue weighted by atomic mass is 16.5. The fourth-order valence-corrected chi connectivity index (χ4v) is 1.55. The Morgan fingerprint density at radius 2 is 2.00 bits per heavy atom. The Kier molecular flexibility index (Phi) is 4.80. The van der Waals surface area contributed by atoms with Crippen molar-refractivity contribution in [3.63, 3.8) is 0 Å². The SMILES string of the molecule is CCOC(=O)CN(C)C(=O)c1c(C)c(C)n[nH]c1=O. The van der Waals surface area contributed by atoms with E-state index in [0.29, 0.717) is 11.3 Å². The molecule has 1 amide bonds. The van der Waals surface area contributed by atoms with Crippen molar-refractivity contribution in [3.8, 4) is 0 Å². The van der Waals surface area contributed by atoms with Gasteiger partial charge in [-0.2, -0.15) is 5.10 Å². The zero-order valence-corrected chi connectivity index (χ0v) is 11.4. The lowest BCUT2D eigenvalue weighted by molar-refractivity contribution is -0.143. The van der Waals surface area contributed by atoms with Gasteiger partial charge in [0.2, 0.25) is 0 Å². The minimum absolute atomic E-state index is 0.000650. The summed E-state index contributed by atoms with van der Waals surface area (Å²) in [4.78, 5) is 36.3. The first-order chi connectivity index (χ1) is 8.88. The van der Waals surface area contributed by atoms with Gasteiger partial charge in [-0.3, -0.25) is 14.4 Å². The monoisotopic (exact) mass is 267 g/mol. The molecule has 0 aliphatic heterocycles. The van der Waals surface area contributed by atoms with Crippen LogP contribution in [0.2, 0.25) is 0 Å². The van der Waals surface area contributed by atoms with Gasteiger partial charge in [0.1, 0.15) is 12.1 Å². The molecule has 0 saturated carbocycles. The number of aromatic amines is 1. The van der Waals surface area contributed by atoms with Gasteiger partial charge >= 0.3 is 5.97 Å². The molecule has 0 aromatic carbocycles. The van der Waals surface area contributed by atoms with Gasteiger partial charge in [-0.1, -0.05) is 0 Å². The number of carbonyl (C=O) groups is 2. The van der Waals surface area contributed by atoms with Crippen molar-refractivity contribution in [1.82, 2.24) is 15.1 Å². The molecule has 1 N–H and O–H groups in total. The van der Waals surface area contributed by atoms with E-state index in [-0.39, 0.29) is 18.7 Å². The van der Waals surface area contributed by atoms with Crippen LogP contribution in [0.4, 0.5) is 0 Å². The second-order valence-corrected chi connectivity index (χ2v) is 4.10. The predicted molar refractivity (Wildman–Crippen MR) is 67.9 cm³/mol. The highest BCUT2D eigenvalue weighted by Crippen LogP contribution is 2.07. The summed E-state index contributed by atoms with van der Waals surface area (Å²) in [5, 5.41) is 6.03. The van der Waals surface area contributed by atoms with Crippen molar-refractivity contribution >= 4 is 11.9 Å². The van der Waals surface area contributed by atoms with Gasteiger partial charge in [-0.05, 0) is 26.3 Å². The molecule has 1 aromatic rings. The number of hydrogen-bond donors (Lipinski definition) is 1. The van der Waals surface area contributed by atoms with Crippen LogP contribution in [-0.4, -0.2) is 47.2 Å². The maximum absolute atomic E-state index is 12.1. The molecule has 0 radical (unpaired) electrons. The quantitative estimate of drug-likeness (QED) is 0.776. The Labute approximate surface area is 110 Å². The molecule has 0 saturated heterocycles. The zero-order chi connectivity index (χ0) is 14.6. The van der Waals surface area contributed by atoms with Gasteiger partial charge in [0.25, 0.3) is 11.5 Å². The lowest BCUT2D eigenvalue weighted by Crippen LogP contribution is -2.37. The van der Waals surface area contributed by atoms with E-state index in [4.69, 9.17) is 4.74 Å². The molecular formula is C12H17N3O4. The molecule has 0 aliphatic rings. The lowest BCUT2D eigenvalue weighted by Gasteiger charge is -2.16. The first kappa shape index (κ1) is 14.9. The van der Waals surface area contributed by atoms with Gasteiger partial charge in [-0.15, -0.1) is 0 Å². The molecule has 0 bridgehead atoms. The number of H-pyrrole nitrogens is 1. The van der Waals surface area contributed by atoms with E-state index in [0.717, 1.165) is 4.90 Å². The molecule has 7 heteroatoms. The maximum Gasteiger partial charge on any atom is 0.325 e. The Morgan fingerprint density at radius 1 is 1.37 bits per heavy atom. The number of esters is 1. The molecule has 0 unspecified atom stereocenters. The number of aromatic nitrogens is 2. The molecule has 19 heavy (non-hydrogen) atoms. The van der Waals surface area contributed by atoms with Gasteiger partial charge in [0, 0.05) is 7.05 Å². The average molecular weight is 267 g/mol. The number of ether oxygens (including phenoxy) is 1. The molecule has 1 heterocycles. The summed E-state index contributed by atoms with van der Waals surface area (Å²) >= 11 is 0. The van der Waals surface area contributed by atoms with Crippen LogP contribution in [0.3, 0.4) is 0 Å². The van der Waals surface area contributed by atoms with Gasteiger partial charge in [0.05, 0.1) is 12.3 Å². The minimum atomic E-state index is -0.566. The molecular weight excluding hydrogens is 250 g/mol. The minimum Gasteiger partial charge on any atom is -0.465 e. The van der Waals surface area contributed by atoms with Crippen LogP contribution < -0.4 is 5.56 Å². The standard InChI is InChI=1S/C12H17N3O4/c1-5-19-9(16)6-15(4)12(18)10-7(2)8(3)13-14-11(10)17/h5-6H2,1-4H3,(H,14,17). The molecule has 1 rings (SSSR count). The first-order valence-electron chi connectivity index (χ1n) is 5.85. The van der Waals surface area contributed by atoms with Gasteiger partial charge in [0.15, 0.2) is 0 Å². The summed E-state index contributed by atoms with van der Waals surface area (Å²) in [6.07, 6.45) is 0. The van der Waals surface area contributed by atoms with E-state index in [1.54, 1.807) is 20.8 Å². The van der Waals surface area contributed by atoms with E-state index in [9.17, 15) is 14.4 Å². The van der Waals surface area contributed by atoms with Crippen molar-refractivity contribution in [1.29, 1.82) is 0 Å². The van der Waals surface area contributed by atoms with Crippen LogP contribution in [0.15, 0.2) is 4.79 Å². The van der Waals surface area contributed by atoms with Crippen molar-refractivity contribution < 1.29 is 14.3 Å². The van der Waals surface area contributed by atoms with E-state index in [1.807, 2.05) is 0 Å². The van der Waals surface area contributed by atoms with Crippen molar-refractivity contribution in [3.05, 3.63) is 27.2 Å². The maximum atomic E-state index is 12.1. The van der Waals surface area contributed by atoms with Crippen LogP contribution in [-0.2, 0) is 9.53 Å². The summed E-state index contributed by atoms with van der Waals surface area (Å²) in [5.41, 5.74) is 0.500. The number of carbonyl (C=O) groups excluding carboxylic acids is 2. The fourth-order valence-electron chi connectivity index (χ4n) is 1.55. The van der Waals surface area contributed by atoms with Crippen molar-refractivity contribution in [2.45, 2.75) is 20.8 Å². The molecule has 0 atom stereocenters. The Hall–Kier alpha value is -2.18. The third-order valence-corrected chi connectivity index (χ3v) is 2.70. The summed E-state index contributed by atoms with van der Waals surface area (Å²) in [6.45, 7) is 5.05.